The first-order chi connectivity index (χ1) is 9.84. The zero-order chi connectivity index (χ0) is 13.8. The number of pyridine rings is 1. The number of hydrogen-bond donors (Lipinski definition) is 1. The highest BCUT2D eigenvalue weighted by molar-refractivity contribution is 5.33. The van der Waals surface area contributed by atoms with Crippen LogP contribution in [0.2, 0.25) is 0 Å². The van der Waals surface area contributed by atoms with Crippen LogP contribution in [-0.2, 0) is 0 Å². The van der Waals surface area contributed by atoms with Crippen molar-refractivity contribution in [1.82, 2.24) is 20.3 Å². The lowest BCUT2D eigenvalue weighted by atomic mass is 9.96. The number of aromatic nitrogens is 3. The van der Waals surface area contributed by atoms with Crippen LogP contribution in [0.1, 0.15) is 30.1 Å². The summed E-state index contributed by atoms with van der Waals surface area (Å²) in [5.74, 6) is 1.69. The molecule has 3 heterocycles. The minimum absolute atomic E-state index is 0.365. The van der Waals surface area contributed by atoms with Gasteiger partial charge in [0.15, 0.2) is 5.75 Å². The van der Waals surface area contributed by atoms with Crippen molar-refractivity contribution in [3.63, 3.8) is 0 Å². The van der Waals surface area contributed by atoms with Crippen LogP contribution in [0.3, 0.4) is 0 Å². The summed E-state index contributed by atoms with van der Waals surface area (Å²) < 4.78 is 5.93. The first kappa shape index (κ1) is 13.0. The van der Waals surface area contributed by atoms with Gasteiger partial charge in [0.05, 0.1) is 5.69 Å². The summed E-state index contributed by atoms with van der Waals surface area (Å²) in [6.07, 6.45) is 7.43. The third-order valence-electron chi connectivity index (χ3n) is 3.54. The first-order valence-corrected chi connectivity index (χ1v) is 6.95. The van der Waals surface area contributed by atoms with Gasteiger partial charge < -0.3 is 10.1 Å². The van der Waals surface area contributed by atoms with Crippen LogP contribution in [-0.4, -0.2) is 28.0 Å². The Morgan fingerprint density at radius 1 is 1.20 bits per heavy atom. The Morgan fingerprint density at radius 3 is 2.90 bits per heavy atom. The molecule has 0 aliphatic carbocycles. The normalized spacial score (nSPS) is 18.8. The molecule has 1 aliphatic heterocycles. The summed E-state index contributed by atoms with van der Waals surface area (Å²) in [6, 6.07) is 3.76. The molecule has 1 atom stereocenters. The van der Waals surface area contributed by atoms with E-state index >= 15 is 0 Å². The highest BCUT2D eigenvalue weighted by Gasteiger charge is 2.21. The Bertz CT molecular complexity index is 582. The molecule has 1 N–H and O–H groups in total. The van der Waals surface area contributed by atoms with Crippen molar-refractivity contribution in [2.45, 2.75) is 25.7 Å². The molecule has 2 aromatic heterocycles. The summed E-state index contributed by atoms with van der Waals surface area (Å²) in [4.78, 5) is 13.1. The van der Waals surface area contributed by atoms with E-state index in [4.69, 9.17) is 4.74 Å². The summed E-state index contributed by atoms with van der Waals surface area (Å²) in [7, 11) is 0. The molecule has 0 bridgehead atoms. The molecule has 3 rings (SSSR count). The standard InChI is InChI=1S/C15H18N4O/c1-11-13(5-3-7-17-11)20-15-14(18-8-9-19-15)12-4-2-6-16-10-12/h3,5,7-9,12,16H,2,4,6,10H2,1H3/t12-/m1/s1. The van der Waals surface area contributed by atoms with Gasteiger partial charge in [-0.05, 0) is 38.4 Å². The average Bonchev–Trinajstić information content (AvgIpc) is 2.51. The number of piperidine rings is 1. The molecule has 0 saturated carbocycles. The molecule has 0 unspecified atom stereocenters. The Labute approximate surface area is 118 Å². The summed E-state index contributed by atoms with van der Waals surface area (Å²) in [5, 5.41) is 3.40. The second-order valence-corrected chi connectivity index (χ2v) is 4.98. The van der Waals surface area contributed by atoms with Crippen LogP contribution >= 0.6 is 0 Å². The smallest absolute Gasteiger partial charge is 0.241 e. The van der Waals surface area contributed by atoms with Crippen molar-refractivity contribution in [2.75, 3.05) is 13.1 Å². The number of rotatable bonds is 3. The molecule has 0 amide bonds. The van der Waals surface area contributed by atoms with Gasteiger partial charge in [-0.25, -0.2) is 4.98 Å². The largest absolute Gasteiger partial charge is 0.435 e. The molecule has 2 aromatic rings. The SMILES string of the molecule is Cc1ncccc1Oc1nccnc1[C@@H]1CCCNC1. The lowest BCUT2D eigenvalue weighted by molar-refractivity contribution is 0.409. The van der Waals surface area contributed by atoms with Crippen LogP contribution < -0.4 is 10.1 Å². The topological polar surface area (TPSA) is 59.9 Å². The van der Waals surface area contributed by atoms with E-state index in [2.05, 4.69) is 20.3 Å². The molecule has 1 fully saturated rings. The lowest BCUT2D eigenvalue weighted by Gasteiger charge is -2.23. The predicted octanol–water partition coefficient (Wildman–Crippen LogP) is 2.44. The van der Waals surface area contributed by atoms with Gasteiger partial charge in [-0.2, -0.15) is 0 Å². The highest BCUT2D eigenvalue weighted by Crippen LogP contribution is 2.31. The molecule has 1 saturated heterocycles. The molecule has 0 spiro atoms. The molecule has 1 aliphatic rings. The van der Waals surface area contributed by atoms with Gasteiger partial charge in [-0.3, -0.25) is 9.97 Å². The highest BCUT2D eigenvalue weighted by atomic mass is 16.5. The maximum absolute atomic E-state index is 5.93. The van der Waals surface area contributed by atoms with Crippen molar-refractivity contribution in [3.05, 3.63) is 42.1 Å². The van der Waals surface area contributed by atoms with Crippen LogP contribution in [0, 0.1) is 6.92 Å². The van der Waals surface area contributed by atoms with Gasteiger partial charge in [0, 0.05) is 31.1 Å². The molecular weight excluding hydrogens is 252 g/mol. The van der Waals surface area contributed by atoms with E-state index in [9.17, 15) is 0 Å². The number of aryl methyl sites for hydroxylation is 1. The summed E-state index contributed by atoms with van der Waals surface area (Å²) in [6.45, 7) is 3.93. The third kappa shape index (κ3) is 2.77. The second kappa shape index (κ2) is 5.96. The van der Waals surface area contributed by atoms with Crippen molar-refractivity contribution in [2.24, 2.45) is 0 Å². The van der Waals surface area contributed by atoms with Crippen LogP contribution in [0.15, 0.2) is 30.7 Å². The van der Waals surface area contributed by atoms with Crippen molar-refractivity contribution < 1.29 is 4.74 Å². The molecule has 0 aromatic carbocycles. The van der Waals surface area contributed by atoms with E-state index in [-0.39, 0.29) is 0 Å². The number of nitrogens with zero attached hydrogens (tertiary/aromatic N) is 3. The zero-order valence-electron chi connectivity index (χ0n) is 11.5. The molecule has 20 heavy (non-hydrogen) atoms. The Morgan fingerprint density at radius 2 is 2.10 bits per heavy atom. The van der Waals surface area contributed by atoms with E-state index in [0.29, 0.717) is 11.8 Å². The first-order valence-electron chi connectivity index (χ1n) is 6.95. The van der Waals surface area contributed by atoms with Gasteiger partial charge in [-0.15, -0.1) is 0 Å². The van der Waals surface area contributed by atoms with Gasteiger partial charge in [-0.1, -0.05) is 0 Å². The minimum Gasteiger partial charge on any atom is -0.435 e. The van der Waals surface area contributed by atoms with Crippen molar-refractivity contribution in [3.8, 4) is 11.6 Å². The second-order valence-electron chi connectivity index (χ2n) is 4.98. The van der Waals surface area contributed by atoms with Crippen LogP contribution in [0.25, 0.3) is 0 Å². The molecule has 5 nitrogen and oxygen atoms in total. The predicted molar refractivity (Wildman–Crippen MR) is 75.9 cm³/mol. The lowest BCUT2D eigenvalue weighted by Crippen LogP contribution is -2.29. The van der Waals surface area contributed by atoms with E-state index in [1.165, 1.54) is 0 Å². The Kier molecular flexibility index (Phi) is 3.87. The Hall–Kier alpha value is -2.01. The van der Waals surface area contributed by atoms with Crippen LogP contribution in [0.4, 0.5) is 0 Å². The zero-order valence-corrected chi connectivity index (χ0v) is 11.5. The maximum Gasteiger partial charge on any atom is 0.241 e. The quantitative estimate of drug-likeness (QED) is 0.928. The van der Waals surface area contributed by atoms with Gasteiger partial charge in [0.2, 0.25) is 5.88 Å². The summed E-state index contributed by atoms with van der Waals surface area (Å²) in [5.41, 5.74) is 1.79. The number of nitrogens with one attached hydrogen (secondary N) is 1. The van der Waals surface area contributed by atoms with Gasteiger partial charge in [0.25, 0.3) is 0 Å². The van der Waals surface area contributed by atoms with E-state index in [1.807, 2.05) is 19.1 Å². The fourth-order valence-corrected chi connectivity index (χ4v) is 2.46. The molecule has 5 heteroatoms. The molecule has 0 radical (unpaired) electrons. The van der Waals surface area contributed by atoms with E-state index < -0.39 is 0 Å². The minimum atomic E-state index is 0.365. The molecular formula is C15H18N4O. The van der Waals surface area contributed by atoms with Gasteiger partial charge >= 0.3 is 0 Å². The Balaban J connectivity index is 1.88. The van der Waals surface area contributed by atoms with E-state index in [1.54, 1.807) is 18.6 Å². The monoisotopic (exact) mass is 270 g/mol. The fraction of sp³-hybridized carbons (Fsp3) is 0.400. The van der Waals surface area contributed by atoms with Crippen molar-refractivity contribution in [1.29, 1.82) is 0 Å². The summed E-state index contributed by atoms with van der Waals surface area (Å²) >= 11 is 0. The van der Waals surface area contributed by atoms with Crippen molar-refractivity contribution >= 4 is 0 Å². The molecule has 104 valence electrons. The van der Waals surface area contributed by atoms with Crippen LogP contribution in [0.5, 0.6) is 11.6 Å². The third-order valence-corrected chi connectivity index (χ3v) is 3.54. The van der Waals surface area contributed by atoms with E-state index in [0.717, 1.165) is 43.1 Å². The fourth-order valence-electron chi connectivity index (χ4n) is 2.46. The van der Waals surface area contributed by atoms with Gasteiger partial charge in [0.1, 0.15) is 5.69 Å². The number of hydrogen-bond acceptors (Lipinski definition) is 5. The number of ether oxygens (including phenoxy) is 1. The average molecular weight is 270 g/mol. The maximum atomic E-state index is 5.93.